The number of benzene rings is 3. The van der Waals surface area contributed by atoms with Gasteiger partial charge in [-0.2, -0.15) is 0 Å². The normalized spacial score (nSPS) is 12.5. The minimum atomic E-state index is -0.712. The van der Waals surface area contributed by atoms with Crippen molar-refractivity contribution in [3.8, 4) is 5.75 Å². The van der Waals surface area contributed by atoms with Crippen LogP contribution in [-0.4, -0.2) is 35.4 Å². The molecule has 196 valence electrons. The van der Waals surface area contributed by atoms with Gasteiger partial charge >= 0.3 is 0 Å². The Hall–Kier alpha value is -2.83. The largest absolute Gasteiger partial charge is 0.484 e. The molecule has 3 aromatic carbocycles. The van der Waals surface area contributed by atoms with Crippen molar-refractivity contribution >= 4 is 39.3 Å². The molecule has 0 fully saturated rings. The number of nitrogens with one attached hydrogen (secondary N) is 1. The Morgan fingerprint density at radius 2 is 1.62 bits per heavy atom. The number of carbonyl (C=O) groups excluding carboxylic acids is 2. The fourth-order valence-corrected chi connectivity index (χ4v) is 4.35. The third-order valence-electron chi connectivity index (χ3n) is 6.31. The summed E-state index contributed by atoms with van der Waals surface area (Å²) in [5.41, 5.74) is 3.90. The summed E-state index contributed by atoms with van der Waals surface area (Å²) in [6.07, 6.45) is 1.18. The number of nitrogens with zero attached hydrogens (tertiary/aromatic N) is 1. The van der Waals surface area contributed by atoms with Crippen molar-refractivity contribution in [1.82, 2.24) is 10.2 Å². The molecular weight excluding hydrogens is 552 g/mol. The van der Waals surface area contributed by atoms with Gasteiger partial charge in [0.25, 0.3) is 5.91 Å². The number of ether oxygens (including phenoxy) is 1. The predicted octanol–water partition coefficient (Wildman–Crippen LogP) is 6.65. The van der Waals surface area contributed by atoms with Crippen molar-refractivity contribution < 1.29 is 14.3 Å². The summed E-state index contributed by atoms with van der Waals surface area (Å²) in [7, 11) is 0. The molecule has 0 saturated carbocycles. The van der Waals surface area contributed by atoms with Gasteiger partial charge in [-0.05, 0) is 73.7 Å². The molecule has 2 amide bonds. The number of hydrogen-bond donors (Lipinski definition) is 1. The Balaban J connectivity index is 1.92. The van der Waals surface area contributed by atoms with Crippen molar-refractivity contribution in [3.05, 3.63) is 98.5 Å². The summed E-state index contributed by atoms with van der Waals surface area (Å²) >= 11 is 9.66. The summed E-state index contributed by atoms with van der Waals surface area (Å²) in [5, 5.41) is 3.69. The summed E-state index contributed by atoms with van der Waals surface area (Å²) in [6.45, 7) is 8.01. The highest BCUT2D eigenvalue weighted by Gasteiger charge is 2.31. The maximum absolute atomic E-state index is 13.7. The Bertz CT molecular complexity index is 1180. The molecule has 0 aliphatic heterocycles. The molecule has 0 bridgehead atoms. The van der Waals surface area contributed by atoms with Gasteiger partial charge in [-0.3, -0.25) is 9.59 Å². The summed E-state index contributed by atoms with van der Waals surface area (Å²) in [5.74, 6) is 0.158. The predicted molar refractivity (Wildman–Crippen MR) is 153 cm³/mol. The van der Waals surface area contributed by atoms with Crippen LogP contribution >= 0.6 is 27.5 Å². The van der Waals surface area contributed by atoms with Crippen LogP contribution in [0.4, 0.5) is 0 Å². The van der Waals surface area contributed by atoms with E-state index in [4.69, 9.17) is 16.3 Å². The van der Waals surface area contributed by atoms with E-state index in [-0.39, 0.29) is 31.0 Å². The molecule has 0 unspecified atom stereocenters. The Morgan fingerprint density at radius 3 is 2.22 bits per heavy atom. The molecule has 5 nitrogen and oxygen atoms in total. The van der Waals surface area contributed by atoms with Crippen molar-refractivity contribution in [3.63, 3.8) is 0 Å². The molecule has 37 heavy (non-hydrogen) atoms. The van der Waals surface area contributed by atoms with Gasteiger partial charge in [-0.1, -0.05) is 76.9 Å². The standard InChI is InChI=1S/C30H34BrClN2O3/c1-5-22(4)33-30(36)27(17-23-9-7-6-8-10-23)34(18-24-11-13-25(32)14-12-24)28(35)19-37-26-15-20(2)29(31)21(3)16-26/h6-16,22,27H,5,17-19H2,1-4H3,(H,33,36)/t22-,27+/m1/s1. The van der Waals surface area contributed by atoms with Gasteiger partial charge in [-0.15, -0.1) is 0 Å². The summed E-state index contributed by atoms with van der Waals surface area (Å²) < 4.78 is 6.95. The molecule has 0 aromatic heterocycles. The van der Waals surface area contributed by atoms with Crippen LogP contribution in [-0.2, 0) is 22.6 Å². The molecule has 0 spiro atoms. The van der Waals surface area contributed by atoms with Crippen LogP contribution < -0.4 is 10.1 Å². The average Bonchev–Trinajstić information content (AvgIpc) is 2.89. The number of halogens is 2. The molecule has 0 aliphatic rings. The number of hydrogen-bond acceptors (Lipinski definition) is 3. The first kappa shape index (κ1) is 28.7. The lowest BCUT2D eigenvalue weighted by Crippen LogP contribution is -2.53. The quantitative estimate of drug-likeness (QED) is 0.274. The number of carbonyl (C=O) groups is 2. The van der Waals surface area contributed by atoms with Crippen molar-refractivity contribution in [2.45, 2.75) is 59.2 Å². The van der Waals surface area contributed by atoms with Gasteiger partial charge in [0.1, 0.15) is 11.8 Å². The first-order chi connectivity index (χ1) is 17.7. The number of rotatable bonds is 11. The van der Waals surface area contributed by atoms with Crippen LogP contribution in [0.5, 0.6) is 5.75 Å². The minimum absolute atomic E-state index is 0.0109. The maximum atomic E-state index is 13.7. The summed E-state index contributed by atoms with van der Waals surface area (Å²) in [6, 6.07) is 20.1. The van der Waals surface area contributed by atoms with E-state index in [1.54, 1.807) is 17.0 Å². The molecule has 2 atom stereocenters. The maximum Gasteiger partial charge on any atom is 0.261 e. The van der Waals surface area contributed by atoms with E-state index in [0.717, 1.165) is 33.1 Å². The molecule has 0 radical (unpaired) electrons. The van der Waals surface area contributed by atoms with Crippen molar-refractivity contribution in [1.29, 1.82) is 0 Å². The zero-order chi connectivity index (χ0) is 26.9. The highest BCUT2D eigenvalue weighted by Crippen LogP contribution is 2.26. The monoisotopic (exact) mass is 584 g/mol. The first-order valence-electron chi connectivity index (χ1n) is 12.5. The second-order valence-electron chi connectivity index (χ2n) is 9.33. The van der Waals surface area contributed by atoms with E-state index in [0.29, 0.717) is 17.2 Å². The number of aryl methyl sites for hydroxylation is 2. The lowest BCUT2D eigenvalue weighted by molar-refractivity contribution is -0.143. The molecule has 3 rings (SSSR count). The van der Waals surface area contributed by atoms with Crippen LogP contribution in [0.1, 0.15) is 42.5 Å². The highest BCUT2D eigenvalue weighted by atomic mass is 79.9. The first-order valence-corrected chi connectivity index (χ1v) is 13.6. The van der Waals surface area contributed by atoms with Gasteiger partial charge in [0, 0.05) is 28.5 Å². The van der Waals surface area contributed by atoms with Crippen molar-refractivity contribution in [2.24, 2.45) is 0 Å². The smallest absolute Gasteiger partial charge is 0.261 e. The van der Waals surface area contributed by atoms with E-state index in [1.165, 1.54) is 0 Å². The second kappa shape index (κ2) is 13.6. The Morgan fingerprint density at radius 1 is 1.00 bits per heavy atom. The van der Waals surface area contributed by atoms with E-state index in [9.17, 15) is 9.59 Å². The van der Waals surface area contributed by atoms with E-state index in [1.807, 2.05) is 82.3 Å². The van der Waals surface area contributed by atoms with Gasteiger partial charge in [-0.25, -0.2) is 0 Å². The van der Waals surface area contributed by atoms with Crippen LogP contribution in [0.3, 0.4) is 0 Å². The Labute approximate surface area is 233 Å². The van der Waals surface area contributed by atoms with Crippen LogP contribution in [0.25, 0.3) is 0 Å². The molecule has 0 heterocycles. The topological polar surface area (TPSA) is 58.6 Å². The van der Waals surface area contributed by atoms with Crippen LogP contribution in [0, 0.1) is 13.8 Å². The zero-order valence-corrected chi connectivity index (χ0v) is 24.1. The lowest BCUT2D eigenvalue weighted by atomic mass is 10.0. The minimum Gasteiger partial charge on any atom is -0.484 e. The molecule has 1 N–H and O–H groups in total. The zero-order valence-electron chi connectivity index (χ0n) is 21.8. The van der Waals surface area contributed by atoms with Crippen molar-refractivity contribution in [2.75, 3.05) is 6.61 Å². The molecule has 3 aromatic rings. The van der Waals surface area contributed by atoms with Gasteiger partial charge in [0.2, 0.25) is 5.91 Å². The van der Waals surface area contributed by atoms with E-state index in [2.05, 4.69) is 21.2 Å². The third-order valence-corrected chi connectivity index (χ3v) is 7.81. The molecule has 0 saturated heterocycles. The fourth-order valence-electron chi connectivity index (χ4n) is 4.00. The highest BCUT2D eigenvalue weighted by molar-refractivity contribution is 9.10. The fraction of sp³-hybridized carbons (Fsp3) is 0.333. The van der Waals surface area contributed by atoms with Crippen LogP contribution in [0.15, 0.2) is 71.2 Å². The lowest BCUT2D eigenvalue weighted by Gasteiger charge is -2.32. The van der Waals surface area contributed by atoms with Gasteiger partial charge < -0.3 is 15.0 Å². The molecule has 0 aliphatic carbocycles. The van der Waals surface area contributed by atoms with Gasteiger partial charge in [0.05, 0.1) is 0 Å². The molecular formula is C30H34BrClN2O3. The van der Waals surface area contributed by atoms with E-state index < -0.39 is 6.04 Å². The average molecular weight is 586 g/mol. The Kier molecular flexibility index (Phi) is 10.6. The van der Waals surface area contributed by atoms with Crippen LogP contribution in [0.2, 0.25) is 5.02 Å². The SMILES string of the molecule is CC[C@@H](C)NC(=O)[C@H](Cc1ccccc1)N(Cc1ccc(Cl)cc1)C(=O)COc1cc(C)c(Br)c(C)c1. The third kappa shape index (κ3) is 8.34. The summed E-state index contributed by atoms with van der Waals surface area (Å²) in [4.78, 5) is 28.9. The molecule has 7 heteroatoms. The number of amides is 2. The van der Waals surface area contributed by atoms with Gasteiger partial charge in [0.15, 0.2) is 6.61 Å². The van der Waals surface area contributed by atoms with E-state index >= 15 is 0 Å². The second-order valence-corrected chi connectivity index (χ2v) is 10.6.